The van der Waals surface area contributed by atoms with Crippen LogP contribution in [0, 0.1) is 5.92 Å². The topological polar surface area (TPSA) is 111 Å². The van der Waals surface area contributed by atoms with E-state index in [9.17, 15) is 19.2 Å². The molecule has 2 aliphatic rings. The van der Waals surface area contributed by atoms with Crippen LogP contribution in [0.25, 0.3) is 11.0 Å². The number of aromatic nitrogens is 2. The molecule has 0 radical (unpaired) electrons. The summed E-state index contributed by atoms with van der Waals surface area (Å²) in [6.45, 7) is 0.413. The van der Waals surface area contributed by atoms with E-state index in [1.165, 1.54) is 28.4 Å². The molecule has 196 valence electrons. The highest BCUT2D eigenvalue weighted by Crippen LogP contribution is 2.26. The maximum Gasteiger partial charge on any atom is 0.329 e. The van der Waals surface area contributed by atoms with Crippen LogP contribution in [0.1, 0.15) is 56.6 Å². The molecule has 2 heterocycles. The molecule has 1 aliphatic carbocycles. The van der Waals surface area contributed by atoms with Crippen LogP contribution >= 0.6 is 0 Å². The first kappa shape index (κ1) is 26.2. The minimum atomic E-state index is -0.640. The predicted molar refractivity (Wildman–Crippen MR) is 141 cm³/mol. The van der Waals surface area contributed by atoms with Crippen LogP contribution in [0.15, 0.2) is 53.3 Å². The molecule has 2 fully saturated rings. The van der Waals surface area contributed by atoms with Gasteiger partial charge in [0.1, 0.15) is 12.6 Å². The number of nitrogens with zero attached hydrogens (tertiary/aromatic N) is 2. The van der Waals surface area contributed by atoms with Gasteiger partial charge in [-0.1, -0.05) is 49.6 Å². The zero-order valence-electron chi connectivity index (χ0n) is 21.4. The molecule has 1 saturated carbocycles. The summed E-state index contributed by atoms with van der Waals surface area (Å²) in [7, 11) is 3.48. The number of aryl methyl sites for hydroxylation is 1. The summed E-state index contributed by atoms with van der Waals surface area (Å²) >= 11 is 0. The molecule has 1 saturated heterocycles. The number of rotatable bonds is 5. The predicted octanol–water partition coefficient (Wildman–Crippen LogP) is 3.67. The van der Waals surface area contributed by atoms with E-state index in [1.807, 2.05) is 48.5 Å². The number of imidazole rings is 1. The number of fused-ring (bicyclic) bond motifs is 1. The Morgan fingerprint density at radius 1 is 1.00 bits per heavy atom. The number of carbonyl (C=O) groups is 3. The van der Waals surface area contributed by atoms with Crippen LogP contribution < -0.4 is 16.3 Å². The minimum Gasteiger partial charge on any atom is -0.461 e. The molecule has 1 aromatic heterocycles. The Balaban J connectivity index is 0.000000180. The molecule has 9 nitrogen and oxygen atoms in total. The maximum absolute atomic E-state index is 12.5. The van der Waals surface area contributed by atoms with Crippen molar-refractivity contribution >= 4 is 34.5 Å². The van der Waals surface area contributed by atoms with Crippen LogP contribution in [0.3, 0.4) is 0 Å². The molecule has 1 atom stereocenters. The van der Waals surface area contributed by atoms with Crippen molar-refractivity contribution in [2.45, 2.75) is 57.6 Å². The zero-order chi connectivity index (χ0) is 26.4. The van der Waals surface area contributed by atoms with E-state index in [4.69, 9.17) is 4.74 Å². The van der Waals surface area contributed by atoms with Gasteiger partial charge in [-0.2, -0.15) is 0 Å². The number of imide groups is 1. The van der Waals surface area contributed by atoms with E-state index in [1.54, 1.807) is 14.1 Å². The van der Waals surface area contributed by atoms with Gasteiger partial charge in [-0.05, 0) is 43.0 Å². The molecular weight excluding hydrogens is 472 g/mol. The van der Waals surface area contributed by atoms with Gasteiger partial charge >= 0.3 is 11.7 Å². The largest absolute Gasteiger partial charge is 0.461 e. The number of nitrogens with one attached hydrogen (secondary N) is 2. The van der Waals surface area contributed by atoms with E-state index < -0.39 is 11.9 Å². The van der Waals surface area contributed by atoms with Gasteiger partial charge in [0.05, 0.1) is 17.0 Å². The van der Waals surface area contributed by atoms with Crippen molar-refractivity contribution < 1.29 is 19.1 Å². The lowest BCUT2D eigenvalue weighted by Crippen LogP contribution is -2.44. The Morgan fingerprint density at radius 3 is 2.41 bits per heavy atom. The zero-order valence-corrected chi connectivity index (χ0v) is 21.4. The fourth-order valence-electron chi connectivity index (χ4n) is 4.93. The molecular formula is C28H34N4O5. The second-order valence-corrected chi connectivity index (χ2v) is 9.56. The lowest BCUT2D eigenvalue weighted by atomic mass is 9.89. The van der Waals surface area contributed by atoms with Gasteiger partial charge < -0.3 is 10.1 Å². The molecule has 3 aromatic rings. The third kappa shape index (κ3) is 6.10. The number of carbonyl (C=O) groups excluding carboxylic acids is 3. The van der Waals surface area contributed by atoms with Crippen molar-refractivity contribution in [3.05, 3.63) is 64.6 Å². The molecule has 1 unspecified atom stereocenters. The quantitative estimate of drug-likeness (QED) is 0.404. The molecule has 0 bridgehead atoms. The van der Waals surface area contributed by atoms with E-state index in [2.05, 4.69) is 10.6 Å². The molecule has 0 spiro atoms. The van der Waals surface area contributed by atoms with Crippen molar-refractivity contribution in [2.24, 2.45) is 13.0 Å². The molecule has 37 heavy (non-hydrogen) atoms. The summed E-state index contributed by atoms with van der Waals surface area (Å²) in [5.74, 6) is -0.568. The number of esters is 1. The summed E-state index contributed by atoms with van der Waals surface area (Å²) in [6.07, 6.45) is 6.21. The van der Waals surface area contributed by atoms with Gasteiger partial charge in [0.15, 0.2) is 0 Å². The average molecular weight is 507 g/mol. The molecule has 2 aromatic carbocycles. The number of benzene rings is 2. The van der Waals surface area contributed by atoms with E-state index >= 15 is 0 Å². The van der Waals surface area contributed by atoms with Gasteiger partial charge in [-0.3, -0.25) is 28.8 Å². The standard InChI is InChI=1S/C14H16N4O3.C14H18O2/c1-15-8-3-4-9-11(7-8)17(2)14(21)18(9)10-5-6-12(19)16-13(10)20;15-14(13-9-5-2-6-10-13)16-11-12-7-3-1-4-8-12/h3-4,7,10,15H,5-6H2,1-2H3,(H,16,19,20);1,3-4,7-8,13H,2,5-6,9-11H2. The Labute approximate surface area is 215 Å². The second-order valence-electron chi connectivity index (χ2n) is 9.56. The van der Waals surface area contributed by atoms with E-state index in [0.29, 0.717) is 18.5 Å². The number of anilines is 1. The summed E-state index contributed by atoms with van der Waals surface area (Å²) in [4.78, 5) is 47.5. The maximum atomic E-state index is 12.5. The number of hydrogen-bond acceptors (Lipinski definition) is 6. The molecule has 1 aliphatic heterocycles. The van der Waals surface area contributed by atoms with Crippen LogP contribution in [-0.2, 0) is 32.8 Å². The first-order valence-electron chi connectivity index (χ1n) is 12.8. The number of piperidine rings is 1. The highest BCUT2D eigenvalue weighted by atomic mass is 16.5. The number of amides is 2. The smallest absolute Gasteiger partial charge is 0.329 e. The van der Waals surface area contributed by atoms with E-state index in [0.717, 1.165) is 29.6 Å². The van der Waals surface area contributed by atoms with Crippen molar-refractivity contribution in [2.75, 3.05) is 12.4 Å². The molecule has 5 rings (SSSR count). The summed E-state index contributed by atoms with van der Waals surface area (Å²) in [6, 6.07) is 14.7. The van der Waals surface area contributed by atoms with Gasteiger partial charge in [-0.25, -0.2) is 4.79 Å². The Hall–Kier alpha value is -3.88. The third-order valence-corrected chi connectivity index (χ3v) is 7.06. The van der Waals surface area contributed by atoms with Crippen LogP contribution in [-0.4, -0.2) is 34.0 Å². The number of hydrogen-bond donors (Lipinski definition) is 2. The average Bonchev–Trinajstić information content (AvgIpc) is 3.17. The van der Waals surface area contributed by atoms with E-state index in [-0.39, 0.29) is 29.9 Å². The minimum absolute atomic E-state index is 0.0106. The van der Waals surface area contributed by atoms with Gasteiger partial charge in [0, 0.05) is 26.2 Å². The monoisotopic (exact) mass is 506 g/mol. The van der Waals surface area contributed by atoms with Gasteiger partial charge in [0.2, 0.25) is 11.8 Å². The van der Waals surface area contributed by atoms with Gasteiger partial charge in [0.25, 0.3) is 0 Å². The van der Waals surface area contributed by atoms with Crippen molar-refractivity contribution in [1.82, 2.24) is 14.5 Å². The van der Waals surface area contributed by atoms with Gasteiger partial charge in [-0.15, -0.1) is 0 Å². The lowest BCUT2D eigenvalue weighted by molar-refractivity contribution is -0.151. The Kier molecular flexibility index (Phi) is 8.43. The van der Waals surface area contributed by atoms with Crippen LogP contribution in [0.5, 0.6) is 0 Å². The molecule has 2 amide bonds. The summed E-state index contributed by atoms with van der Waals surface area (Å²) < 4.78 is 8.31. The summed E-state index contributed by atoms with van der Waals surface area (Å²) in [5.41, 5.74) is 3.13. The van der Waals surface area contributed by atoms with Crippen molar-refractivity contribution in [3.63, 3.8) is 0 Å². The normalized spacial score (nSPS) is 18.1. The SMILES string of the molecule is CNc1ccc2c(c1)n(C)c(=O)n2C1CCC(=O)NC1=O.O=C(OCc1ccccc1)C1CCCCC1. The fourth-order valence-corrected chi connectivity index (χ4v) is 4.93. The van der Waals surface area contributed by atoms with Crippen LogP contribution in [0.4, 0.5) is 5.69 Å². The third-order valence-electron chi connectivity index (χ3n) is 7.06. The lowest BCUT2D eigenvalue weighted by Gasteiger charge is -2.21. The Morgan fingerprint density at radius 2 is 1.73 bits per heavy atom. The van der Waals surface area contributed by atoms with Crippen molar-refractivity contribution in [3.8, 4) is 0 Å². The number of ether oxygens (including phenoxy) is 1. The molecule has 9 heteroatoms. The first-order valence-corrected chi connectivity index (χ1v) is 12.8. The first-order chi connectivity index (χ1) is 17.9. The molecule has 2 N–H and O–H groups in total. The summed E-state index contributed by atoms with van der Waals surface area (Å²) in [5, 5.41) is 5.31. The van der Waals surface area contributed by atoms with Crippen molar-refractivity contribution in [1.29, 1.82) is 0 Å². The Bertz CT molecular complexity index is 1320. The highest BCUT2D eigenvalue weighted by Gasteiger charge is 2.31. The second kappa shape index (κ2) is 11.9. The highest BCUT2D eigenvalue weighted by molar-refractivity contribution is 6.00. The van der Waals surface area contributed by atoms with Crippen LogP contribution in [0.2, 0.25) is 0 Å². The fraction of sp³-hybridized carbons (Fsp3) is 0.429.